The summed E-state index contributed by atoms with van der Waals surface area (Å²) in [7, 11) is 0. The molecule has 0 unspecified atom stereocenters. The molecular formula is C9H16F3NO. The molecule has 14 heavy (non-hydrogen) atoms. The first-order valence-electron chi connectivity index (χ1n) is 4.94. The Kier molecular flexibility index (Phi) is 4.19. The van der Waals surface area contributed by atoms with E-state index in [1.807, 2.05) is 0 Å². The molecular weight excluding hydrogens is 195 g/mol. The smallest absolute Gasteiger partial charge is 0.396 e. The van der Waals surface area contributed by atoms with E-state index in [0.717, 1.165) is 19.3 Å². The normalized spacial score (nSPS) is 18.6. The van der Waals surface area contributed by atoms with Gasteiger partial charge in [-0.05, 0) is 19.3 Å². The SMILES string of the molecule is OCCCN(CC(F)(F)F)C1CCC1. The third-order valence-corrected chi connectivity index (χ3v) is 2.58. The van der Waals surface area contributed by atoms with Gasteiger partial charge in [-0.15, -0.1) is 0 Å². The second-order valence-electron chi connectivity index (χ2n) is 3.75. The van der Waals surface area contributed by atoms with Crippen LogP contribution in [0.5, 0.6) is 0 Å². The van der Waals surface area contributed by atoms with Gasteiger partial charge >= 0.3 is 6.18 Å². The summed E-state index contributed by atoms with van der Waals surface area (Å²) in [5.41, 5.74) is 0. The Balaban J connectivity index is 2.35. The summed E-state index contributed by atoms with van der Waals surface area (Å²) in [6.45, 7) is -0.528. The van der Waals surface area contributed by atoms with Crippen molar-refractivity contribution in [1.29, 1.82) is 0 Å². The molecule has 0 aliphatic heterocycles. The molecule has 0 aromatic carbocycles. The van der Waals surface area contributed by atoms with Gasteiger partial charge in [0.2, 0.25) is 0 Å². The van der Waals surface area contributed by atoms with Crippen LogP contribution in [0.15, 0.2) is 0 Å². The van der Waals surface area contributed by atoms with Crippen molar-refractivity contribution < 1.29 is 18.3 Å². The maximum Gasteiger partial charge on any atom is 0.401 e. The molecule has 0 aromatic heterocycles. The number of alkyl halides is 3. The van der Waals surface area contributed by atoms with Crippen LogP contribution in [-0.4, -0.2) is 41.9 Å². The van der Waals surface area contributed by atoms with Gasteiger partial charge in [0.05, 0.1) is 6.54 Å². The van der Waals surface area contributed by atoms with E-state index in [9.17, 15) is 13.2 Å². The average Bonchev–Trinajstić information content (AvgIpc) is 1.93. The Hall–Kier alpha value is -0.290. The number of nitrogens with zero attached hydrogens (tertiary/aromatic N) is 1. The topological polar surface area (TPSA) is 23.5 Å². The lowest BCUT2D eigenvalue weighted by Crippen LogP contribution is -2.45. The summed E-state index contributed by atoms with van der Waals surface area (Å²) in [5, 5.41) is 8.58. The fraction of sp³-hybridized carbons (Fsp3) is 1.00. The molecule has 0 aromatic rings. The quantitative estimate of drug-likeness (QED) is 0.749. The predicted molar refractivity (Wildman–Crippen MR) is 47.0 cm³/mol. The largest absolute Gasteiger partial charge is 0.401 e. The first-order chi connectivity index (χ1) is 6.53. The minimum atomic E-state index is -4.12. The minimum Gasteiger partial charge on any atom is -0.396 e. The fourth-order valence-corrected chi connectivity index (χ4v) is 1.65. The minimum absolute atomic E-state index is 0.0406. The van der Waals surface area contributed by atoms with Gasteiger partial charge < -0.3 is 5.11 Å². The first-order valence-corrected chi connectivity index (χ1v) is 4.94. The van der Waals surface area contributed by atoms with Gasteiger partial charge in [0.25, 0.3) is 0 Å². The van der Waals surface area contributed by atoms with Gasteiger partial charge in [0.1, 0.15) is 0 Å². The predicted octanol–water partition coefficient (Wildman–Crippen LogP) is 1.79. The van der Waals surface area contributed by atoms with Gasteiger partial charge in [-0.25, -0.2) is 0 Å². The molecule has 1 saturated carbocycles. The van der Waals surface area contributed by atoms with Crippen molar-refractivity contribution in [2.75, 3.05) is 19.7 Å². The molecule has 0 bridgehead atoms. The van der Waals surface area contributed by atoms with Crippen molar-refractivity contribution in [2.24, 2.45) is 0 Å². The summed E-state index contributed by atoms with van der Waals surface area (Å²) in [6, 6.07) is 0.0863. The maximum atomic E-state index is 12.1. The van der Waals surface area contributed by atoms with E-state index in [0.29, 0.717) is 13.0 Å². The molecule has 0 saturated heterocycles. The van der Waals surface area contributed by atoms with Gasteiger partial charge in [-0.2, -0.15) is 13.2 Å². The Morgan fingerprint density at radius 2 is 1.93 bits per heavy atom. The first kappa shape index (κ1) is 11.8. The van der Waals surface area contributed by atoms with E-state index in [4.69, 9.17) is 5.11 Å². The highest BCUT2D eigenvalue weighted by Gasteiger charge is 2.35. The second-order valence-corrected chi connectivity index (χ2v) is 3.75. The third-order valence-electron chi connectivity index (χ3n) is 2.58. The number of aliphatic hydroxyl groups excluding tert-OH is 1. The van der Waals surface area contributed by atoms with Crippen LogP contribution in [0.1, 0.15) is 25.7 Å². The van der Waals surface area contributed by atoms with Crippen LogP contribution in [0.2, 0.25) is 0 Å². The number of rotatable bonds is 5. The monoisotopic (exact) mass is 211 g/mol. The molecule has 1 aliphatic rings. The molecule has 0 atom stereocenters. The Labute approximate surface area is 81.7 Å². The highest BCUT2D eigenvalue weighted by atomic mass is 19.4. The van der Waals surface area contributed by atoms with Crippen molar-refractivity contribution in [3.63, 3.8) is 0 Å². The van der Waals surface area contributed by atoms with E-state index in [2.05, 4.69) is 0 Å². The molecule has 0 spiro atoms. The van der Waals surface area contributed by atoms with Gasteiger partial charge in [0.15, 0.2) is 0 Å². The zero-order chi connectivity index (χ0) is 10.6. The van der Waals surface area contributed by atoms with E-state index < -0.39 is 12.7 Å². The Morgan fingerprint density at radius 1 is 1.29 bits per heavy atom. The molecule has 1 N–H and O–H groups in total. The van der Waals surface area contributed by atoms with Crippen LogP contribution in [0.25, 0.3) is 0 Å². The van der Waals surface area contributed by atoms with Crippen LogP contribution in [0, 0.1) is 0 Å². The van der Waals surface area contributed by atoms with Crippen molar-refractivity contribution in [3.05, 3.63) is 0 Å². The van der Waals surface area contributed by atoms with Gasteiger partial charge in [0, 0.05) is 19.2 Å². The van der Waals surface area contributed by atoms with Crippen LogP contribution >= 0.6 is 0 Å². The standard InChI is InChI=1S/C9H16F3NO/c10-9(11,12)7-13(5-2-6-14)8-3-1-4-8/h8,14H,1-7H2. The molecule has 0 radical (unpaired) electrons. The molecule has 0 heterocycles. The van der Waals surface area contributed by atoms with E-state index >= 15 is 0 Å². The third kappa shape index (κ3) is 3.84. The van der Waals surface area contributed by atoms with Gasteiger partial charge in [-0.3, -0.25) is 4.90 Å². The number of hydrogen-bond acceptors (Lipinski definition) is 2. The van der Waals surface area contributed by atoms with Crippen LogP contribution in [0.4, 0.5) is 13.2 Å². The molecule has 5 heteroatoms. The molecule has 1 rings (SSSR count). The molecule has 0 amide bonds. The Morgan fingerprint density at radius 3 is 2.29 bits per heavy atom. The molecule has 84 valence electrons. The number of aliphatic hydroxyl groups is 1. The summed E-state index contributed by atoms with van der Waals surface area (Å²) >= 11 is 0. The van der Waals surface area contributed by atoms with Crippen molar-refractivity contribution in [1.82, 2.24) is 4.90 Å². The van der Waals surface area contributed by atoms with E-state index in [1.165, 1.54) is 4.90 Å². The summed E-state index contributed by atoms with van der Waals surface area (Å²) < 4.78 is 36.4. The fourth-order valence-electron chi connectivity index (χ4n) is 1.65. The molecule has 2 nitrogen and oxygen atoms in total. The highest BCUT2D eigenvalue weighted by molar-refractivity contribution is 4.81. The average molecular weight is 211 g/mol. The number of halogens is 3. The van der Waals surface area contributed by atoms with Crippen molar-refractivity contribution >= 4 is 0 Å². The van der Waals surface area contributed by atoms with Crippen LogP contribution in [0.3, 0.4) is 0 Å². The van der Waals surface area contributed by atoms with E-state index in [1.54, 1.807) is 0 Å². The zero-order valence-corrected chi connectivity index (χ0v) is 8.06. The van der Waals surface area contributed by atoms with Crippen molar-refractivity contribution in [3.8, 4) is 0 Å². The van der Waals surface area contributed by atoms with Crippen LogP contribution in [-0.2, 0) is 0 Å². The summed E-state index contributed by atoms with van der Waals surface area (Å²) in [6.07, 6.45) is -0.946. The lowest BCUT2D eigenvalue weighted by Gasteiger charge is -2.37. The Bertz CT molecular complexity index is 168. The molecule has 1 fully saturated rings. The van der Waals surface area contributed by atoms with E-state index in [-0.39, 0.29) is 12.6 Å². The number of hydrogen-bond donors (Lipinski definition) is 1. The molecule has 1 aliphatic carbocycles. The lowest BCUT2D eigenvalue weighted by atomic mass is 9.91. The summed E-state index contributed by atoms with van der Waals surface area (Å²) in [4.78, 5) is 1.44. The zero-order valence-electron chi connectivity index (χ0n) is 8.06. The van der Waals surface area contributed by atoms with Crippen molar-refractivity contribution in [2.45, 2.75) is 37.9 Å². The lowest BCUT2D eigenvalue weighted by molar-refractivity contribution is -0.154. The highest BCUT2D eigenvalue weighted by Crippen LogP contribution is 2.28. The maximum absolute atomic E-state index is 12.1. The van der Waals surface area contributed by atoms with Gasteiger partial charge in [-0.1, -0.05) is 6.42 Å². The van der Waals surface area contributed by atoms with Crippen LogP contribution < -0.4 is 0 Å². The summed E-state index contributed by atoms with van der Waals surface area (Å²) in [5.74, 6) is 0. The second kappa shape index (κ2) is 4.98.